The van der Waals surface area contributed by atoms with Crippen LogP contribution in [0.3, 0.4) is 0 Å². The van der Waals surface area contributed by atoms with Gasteiger partial charge in [0.2, 0.25) is 0 Å². The highest BCUT2D eigenvalue weighted by molar-refractivity contribution is 7.10. The number of halogens is 3. The van der Waals surface area contributed by atoms with Gasteiger partial charge in [0.1, 0.15) is 0 Å². The molecule has 0 N–H and O–H groups in total. The van der Waals surface area contributed by atoms with E-state index in [0.29, 0.717) is 11.0 Å². The van der Waals surface area contributed by atoms with Crippen LogP contribution >= 0.6 is 11.3 Å². The summed E-state index contributed by atoms with van der Waals surface area (Å²) in [5.41, 5.74) is -1.12. The Hall–Kier alpha value is -1.63. The van der Waals surface area contributed by atoms with Gasteiger partial charge in [0.15, 0.2) is 5.78 Å². The van der Waals surface area contributed by atoms with Gasteiger partial charge in [0.05, 0.1) is 18.1 Å². The number of ketones is 1. The molecule has 114 valence electrons. The van der Waals surface area contributed by atoms with Crippen molar-refractivity contribution in [2.24, 2.45) is 5.92 Å². The van der Waals surface area contributed by atoms with E-state index in [1.54, 1.807) is 17.5 Å². The Kier molecular flexibility index (Phi) is 4.51. The smallest absolute Gasteiger partial charge is 0.413 e. The van der Waals surface area contributed by atoms with Crippen LogP contribution in [0, 0.1) is 5.92 Å². The lowest BCUT2D eigenvalue weighted by molar-refractivity contribution is -0.153. The molecule has 0 amide bonds. The number of carbonyl (C=O) groups is 2. The first kappa shape index (κ1) is 15.8. The van der Waals surface area contributed by atoms with Gasteiger partial charge in [-0.25, -0.2) is 0 Å². The SMILES string of the molecule is CCOC(=O)C1C(C(F)(F)F)=CC(=O)CC1c1cccs1. The summed E-state index contributed by atoms with van der Waals surface area (Å²) in [5.74, 6) is -3.87. The van der Waals surface area contributed by atoms with Crippen molar-refractivity contribution < 1.29 is 27.5 Å². The summed E-state index contributed by atoms with van der Waals surface area (Å²) in [6, 6.07) is 3.31. The second-order valence-corrected chi connectivity index (χ2v) is 5.60. The van der Waals surface area contributed by atoms with Crippen molar-refractivity contribution in [3.63, 3.8) is 0 Å². The molecule has 1 aliphatic carbocycles. The Labute approximate surface area is 123 Å². The van der Waals surface area contributed by atoms with Crippen molar-refractivity contribution in [3.05, 3.63) is 34.0 Å². The molecule has 0 radical (unpaired) electrons. The van der Waals surface area contributed by atoms with Crippen LogP contribution in [0.5, 0.6) is 0 Å². The number of allylic oxidation sites excluding steroid dienone is 1. The van der Waals surface area contributed by atoms with Gasteiger partial charge in [-0.2, -0.15) is 13.2 Å². The Morgan fingerprint density at radius 1 is 1.48 bits per heavy atom. The minimum atomic E-state index is -4.73. The number of hydrogen-bond donors (Lipinski definition) is 0. The number of ether oxygens (including phenoxy) is 1. The number of alkyl halides is 3. The monoisotopic (exact) mass is 318 g/mol. The van der Waals surface area contributed by atoms with Crippen LogP contribution < -0.4 is 0 Å². The van der Waals surface area contributed by atoms with E-state index < -0.39 is 35.3 Å². The van der Waals surface area contributed by atoms with E-state index in [4.69, 9.17) is 4.74 Å². The zero-order valence-electron chi connectivity index (χ0n) is 11.1. The molecule has 1 heterocycles. The standard InChI is InChI=1S/C14H13F3O3S/c1-2-20-13(19)12-9(11-4-3-5-21-11)6-8(18)7-10(12)14(15,16)17/h3-5,7,9,12H,2,6H2,1H3. The van der Waals surface area contributed by atoms with Crippen LogP contribution in [-0.2, 0) is 14.3 Å². The maximum absolute atomic E-state index is 13.2. The molecule has 0 aliphatic heterocycles. The van der Waals surface area contributed by atoms with E-state index in [0.717, 1.165) is 0 Å². The third-order valence-corrected chi connectivity index (χ3v) is 4.26. The van der Waals surface area contributed by atoms with Gasteiger partial charge in [0, 0.05) is 17.2 Å². The average Bonchev–Trinajstić information content (AvgIpc) is 2.90. The number of rotatable bonds is 3. The molecule has 0 bridgehead atoms. The quantitative estimate of drug-likeness (QED) is 0.802. The van der Waals surface area contributed by atoms with Gasteiger partial charge < -0.3 is 4.74 Å². The topological polar surface area (TPSA) is 43.4 Å². The molecule has 1 aromatic rings. The molecule has 2 rings (SSSR count). The number of esters is 1. The van der Waals surface area contributed by atoms with Crippen molar-refractivity contribution in [1.82, 2.24) is 0 Å². The first-order valence-corrected chi connectivity index (χ1v) is 7.24. The number of thiophene rings is 1. The average molecular weight is 318 g/mol. The van der Waals surface area contributed by atoms with Crippen molar-refractivity contribution in [2.75, 3.05) is 6.61 Å². The summed E-state index contributed by atoms with van der Waals surface area (Å²) in [6.45, 7) is 1.52. The Morgan fingerprint density at radius 3 is 2.71 bits per heavy atom. The van der Waals surface area contributed by atoms with Gasteiger partial charge in [-0.3, -0.25) is 9.59 Å². The predicted octanol–water partition coefficient (Wildman–Crippen LogP) is 3.47. The highest BCUT2D eigenvalue weighted by Gasteiger charge is 2.49. The fourth-order valence-corrected chi connectivity index (χ4v) is 3.29. The van der Waals surface area contributed by atoms with Crippen molar-refractivity contribution in [2.45, 2.75) is 25.4 Å². The minimum absolute atomic E-state index is 0.00836. The third kappa shape index (κ3) is 3.34. The largest absolute Gasteiger partial charge is 0.466 e. The number of hydrogen-bond acceptors (Lipinski definition) is 4. The molecular weight excluding hydrogens is 305 g/mol. The zero-order chi connectivity index (χ0) is 15.6. The molecule has 7 heteroatoms. The third-order valence-electron chi connectivity index (χ3n) is 3.25. The molecule has 0 saturated heterocycles. The summed E-state index contributed by atoms with van der Waals surface area (Å²) in [7, 11) is 0. The van der Waals surface area contributed by atoms with Crippen LogP contribution in [0.1, 0.15) is 24.1 Å². The van der Waals surface area contributed by atoms with Gasteiger partial charge in [-0.1, -0.05) is 6.07 Å². The molecule has 1 aliphatic rings. The molecule has 2 unspecified atom stereocenters. The van der Waals surface area contributed by atoms with Gasteiger partial charge in [-0.05, 0) is 24.4 Å². The molecule has 0 aromatic carbocycles. The maximum Gasteiger partial charge on any atom is 0.413 e. The van der Waals surface area contributed by atoms with Crippen LogP contribution in [0.2, 0.25) is 0 Å². The van der Waals surface area contributed by atoms with Gasteiger partial charge in [-0.15, -0.1) is 11.3 Å². The van der Waals surface area contributed by atoms with E-state index >= 15 is 0 Å². The lowest BCUT2D eigenvalue weighted by Gasteiger charge is -2.30. The lowest BCUT2D eigenvalue weighted by atomic mass is 9.76. The molecule has 1 aromatic heterocycles. The Balaban J connectivity index is 2.47. The van der Waals surface area contributed by atoms with Crippen LogP contribution in [-0.4, -0.2) is 24.5 Å². The molecule has 0 fully saturated rings. The molecular formula is C14H13F3O3S. The van der Waals surface area contributed by atoms with Crippen LogP contribution in [0.25, 0.3) is 0 Å². The summed E-state index contributed by atoms with van der Waals surface area (Å²) >= 11 is 1.23. The van der Waals surface area contributed by atoms with Crippen LogP contribution in [0.4, 0.5) is 13.2 Å². The lowest BCUT2D eigenvalue weighted by Crippen LogP contribution is -2.36. The van der Waals surface area contributed by atoms with Crippen molar-refractivity contribution >= 4 is 23.1 Å². The fraction of sp³-hybridized carbons (Fsp3) is 0.429. The molecule has 21 heavy (non-hydrogen) atoms. The minimum Gasteiger partial charge on any atom is -0.466 e. The van der Waals surface area contributed by atoms with Crippen molar-refractivity contribution in [3.8, 4) is 0 Å². The van der Waals surface area contributed by atoms with Crippen LogP contribution in [0.15, 0.2) is 29.2 Å². The van der Waals surface area contributed by atoms with Crippen molar-refractivity contribution in [1.29, 1.82) is 0 Å². The van der Waals surface area contributed by atoms with E-state index in [9.17, 15) is 22.8 Å². The first-order chi connectivity index (χ1) is 9.84. The summed E-state index contributed by atoms with van der Waals surface area (Å²) in [6.07, 6.45) is -4.32. The second-order valence-electron chi connectivity index (χ2n) is 4.62. The maximum atomic E-state index is 13.2. The van der Waals surface area contributed by atoms with E-state index in [-0.39, 0.29) is 13.0 Å². The molecule has 2 atom stereocenters. The first-order valence-electron chi connectivity index (χ1n) is 6.36. The summed E-state index contributed by atoms with van der Waals surface area (Å²) < 4.78 is 44.3. The fourth-order valence-electron chi connectivity index (χ4n) is 2.42. The Bertz CT molecular complexity index is 561. The molecule has 3 nitrogen and oxygen atoms in total. The zero-order valence-corrected chi connectivity index (χ0v) is 12.0. The van der Waals surface area contributed by atoms with E-state index in [1.807, 2.05) is 0 Å². The van der Waals surface area contributed by atoms with Gasteiger partial charge >= 0.3 is 12.1 Å². The highest BCUT2D eigenvalue weighted by atomic mass is 32.1. The van der Waals surface area contributed by atoms with E-state index in [1.165, 1.54) is 18.3 Å². The van der Waals surface area contributed by atoms with E-state index in [2.05, 4.69) is 0 Å². The molecule has 0 spiro atoms. The number of carbonyl (C=O) groups excluding carboxylic acids is 2. The summed E-state index contributed by atoms with van der Waals surface area (Å²) in [4.78, 5) is 24.2. The Morgan fingerprint density at radius 2 is 2.19 bits per heavy atom. The summed E-state index contributed by atoms with van der Waals surface area (Å²) in [5, 5.41) is 1.70. The predicted molar refractivity (Wildman–Crippen MR) is 70.9 cm³/mol. The highest BCUT2D eigenvalue weighted by Crippen LogP contribution is 2.45. The van der Waals surface area contributed by atoms with Gasteiger partial charge in [0.25, 0.3) is 0 Å². The normalized spacial score (nSPS) is 22.9. The molecule has 0 saturated carbocycles. The second kappa shape index (κ2) is 6.01.